The number of sulfone groups is 1. The van der Waals surface area contributed by atoms with Gasteiger partial charge >= 0.3 is 0 Å². The molecule has 2 atom stereocenters. The van der Waals surface area contributed by atoms with Gasteiger partial charge in [0, 0.05) is 58.1 Å². The maximum atomic E-state index is 11.9. The van der Waals surface area contributed by atoms with Gasteiger partial charge in [0.2, 0.25) is 0 Å². The van der Waals surface area contributed by atoms with E-state index < -0.39 is 9.84 Å². The number of benzene rings is 1. The van der Waals surface area contributed by atoms with E-state index in [9.17, 15) is 8.42 Å². The fraction of sp³-hybridized carbons (Fsp3) is 0.381. The molecule has 0 radical (unpaired) electrons. The largest absolute Gasteiger partial charge is 0.369 e. The summed E-state index contributed by atoms with van der Waals surface area (Å²) in [4.78, 5) is 16.2. The van der Waals surface area contributed by atoms with Crippen LogP contribution in [0.3, 0.4) is 0 Å². The Hall–Kier alpha value is -2.06. The van der Waals surface area contributed by atoms with E-state index in [2.05, 4.69) is 42.9 Å². The first-order chi connectivity index (χ1) is 13.9. The summed E-state index contributed by atoms with van der Waals surface area (Å²) in [6, 6.07) is 10.2. The first-order valence-electron chi connectivity index (χ1n) is 9.75. The first kappa shape index (κ1) is 18.9. The molecule has 5 rings (SSSR count). The lowest BCUT2D eigenvalue weighted by Gasteiger charge is -2.30. The van der Waals surface area contributed by atoms with Crippen molar-refractivity contribution in [1.29, 1.82) is 0 Å². The van der Waals surface area contributed by atoms with E-state index in [0.29, 0.717) is 24.9 Å². The third-order valence-electron chi connectivity index (χ3n) is 5.77. The first-order valence-corrected chi connectivity index (χ1v) is 12.4. The fourth-order valence-corrected chi connectivity index (χ4v) is 5.61. The van der Waals surface area contributed by atoms with Crippen molar-refractivity contribution in [3.63, 3.8) is 0 Å². The molecule has 0 N–H and O–H groups in total. The third-order valence-corrected chi connectivity index (χ3v) is 7.87. The summed E-state index contributed by atoms with van der Waals surface area (Å²) >= 11 is 3.55. The van der Waals surface area contributed by atoms with E-state index in [1.165, 1.54) is 0 Å². The zero-order valence-electron chi connectivity index (χ0n) is 16.0. The lowest BCUT2D eigenvalue weighted by molar-refractivity contribution is 0.587. The Morgan fingerprint density at radius 3 is 2.62 bits per heavy atom. The van der Waals surface area contributed by atoms with Crippen molar-refractivity contribution in [1.82, 2.24) is 15.0 Å². The summed E-state index contributed by atoms with van der Waals surface area (Å²) in [6.45, 7) is 3.02. The molecule has 3 heterocycles. The average Bonchev–Trinajstić information content (AvgIpc) is 3.48. The molecule has 1 aliphatic carbocycles. The molecule has 1 saturated carbocycles. The smallest absolute Gasteiger partial charge is 0.153 e. The zero-order chi connectivity index (χ0) is 20.2. The number of hydrogen-bond donors (Lipinski definition) is 0. The molecular formula is C21H21BrN4O2S. The Labute approximate surface area is 178 Å². The summed E-state index contributed by atoms with van der Waals surface area (Å²) in [5.41, 5.74) is 4.01. The predicted molar refractivity (Wildman–Crippen MR) is 117 cm³/mol. The molecule has 29 heavy (non-hydrogen) atoms. The van der Waals surface area contributed by atoms with Gasteiger partial charge in [-0.3, -0.25) is 4.98 Å². The highest BCUT2D eigenvalue weighted by atomic mass is 79.9. The molecule has 150 valence electrons. The molecule has 0 bridgehead atoms. The SMILES string of the molecule is Cc1ccnc([C@H]2C[C@@H]2c2cc(N3CCS(=O)(=O)CC3)c3ccc(Br)cc3n2)n1. The predicted octanol–water partition coefficient (Wildman–Crippen LogP) is 3.60. The van der Waals surface area contributed by atoms with E-state index in [0.717, 1.165) is 44.7 Å². The molecule has 2 aromatic heterocycles. The molecule has 1 saturated heterocycles. The molecule has 2 fully saturated rings. The van der Waals surface area contributed by atoms with Gasteiger partial charge in [-0.05, 0) is 43.7 Å². The molecule has 0 amide bonds. The Morgan fingerprint density at radius 2 is 1.86 bits per heavy atom. The van der Waals surface area contributed by atoms with Gasteiger partial charge in [-0.2, -0.15) is 0 Å². The van der Waals surface area contributed by atoms with Crippen LogP contribution in [0.15, 0.2) is 41.0 Å². The number of aromatic nitrogens is 3. The molecule has 8 heteroatoms. The van der Waals surface area contributed by atoms with Gasteiger partial charge in [-0.25, -0.2) is 18.4 Å². The van der Waals surface area contributed by atoms with Crippen LogP contribution in [-0.4, -0.2) is 48.0 Å². The van der Waals surface area contributed by atoms with Crippen LogP contribution in [0.2, 0.25) is 0 Å². The van der Waals surface area contributed by atoms with E-state index in [1.807, 2.05) is 31.3 Å². The van der Waals surface area contributed by atoms with Crippen molar-refractivity contribution >= 4 is 42.4 Å². The van der Waals surface area contributed by atoms with Crippen LogP contribution in [0.5, 0.6) is 0 Å². The number of aryl methyl sites for hydroxylation is 1. The summed E-state index contributed by atoms with van der Waals surface area (Å²) in [6.07, 6.45) is 2.81. The van der Waals surface area contributed by atoms with E-state index in [-0.39, 0.29) is 11.5 Å². The van der Waals surface area contributed by atoms with Gasteiger partial charge in [0.25, 0.3) is 0 Å². The van der Waals surface area contributed by atoms with E-state index in [1.54, 1.807) is 0 Å². The maximum absolute atomic E-state index is 11.9. The number of fused-ring (bicyclic) bond motifs is 1. The molecule has 3 aromatic rings. The number of anilines is 1. The Bertz CT molecular complexity index is 1200. The van der Waals surface area contributed by atoms with E-state index in [4.69, 9.17) is 4.98 Å². The van der Waals surface area contributed by atoms with E-state index >= 15 is 0 Å². The summed E-state index contributed by atoms with van der Waals surface area (Å²) in [5, 5.41) is 1.06. The van der Waals surface area contributed by atoms with Crippen LogP contribution in [-0.2, 0) is 9.84 Å². The average molecular weight is 473 g/mol. The lowest BCUT2D eigenvalue weighted by atomic mass is 10.1. The standard InChI is InChI=1S/C21H21BrN4O2S/c1-13-4-5-23-21(24-13)17-11-16(17)19-12-20(26-6-8-29(27,28)9-7-26)15-3-2-14(22)10-18(15)25-19/h2-5,10,12,16-17H,6-9,11H2,1H3/t16-,17-/m0/s1. The van der Waals surface area contributed by atoms with Crippen molar-refractivity contribution in [2.75, 3.05) is 29.5 Å². The molecule has 0 unspecified atom stereocenters. The van der Waals surface area contributed by atoms with Gasteiger partial charge in [-0.15, -0.1) is 0 Å². The van der Waals surface area contributed by atoms with Gasteiger partial charge in [-0.1, -0.05) is 15.9 Å². The van der Waals surface area contributed by atoms with Gasteiger partial charge in [0.15, 0.2) is 9.84 Å². The van der Waals surface area contributed by atoms with Crippen molar-refractivity contribution in [3.8, 4) is 0 Å². The lowest BCUT2D eigenvalue weighted by Crippen LogP contribution is -2.40. The molecule has 2 aliphatic rings. The molecular weight excluding hydrogens is 452 g/mol. The summed E-state index contributed by atoms with van der Waals surface area (Å²) < 4.78 is 24.8. The van der Waals surface area contributed by atoms with Crippen LogP contribution < -0.4 is 4.90 Å². The third kappa shape index (κ3) is 3.75. The number of hydrogen-bond acceptors (Lipinski definition) is 6. The number of halogens is 1. The minimum atomic E-state index is -2.93. The van der Waals surface area contributed by atoms with Crippen LogP contribution in [0, 0.1) is 6.92 Å². The monoisotopic (exact) mass is 472 g/mol. The van der Waals surface area contributed by atoms with Crippen LogP contribution >= 0.6 is 15.9 Å². The summed E-state index contributed by atoms with van der Waals surface area (Å²) in [7, 11) is -2.93. The second-order valence-electron chi connectivity index (χ2n) is 7.87. The number of nitrogens with zero attached hydrogens (tertiary/aromatic N) is 4. The highest BCUT2D eigenvalue weighted by Crippen LogP contribution is 2.53. The molecule has 1 aliphatic heterocycles. The zero-order valence-corrected chi connectivity index (χ0v) is 18.4. The highest BCUT2D eigenvalue weighted by molar-refractivity contribution is 9.10. The minimum absolute atomic E-state index is 0.200. The van der Waals surface area contributed by atoms with Gasteiger partial charge in [0.1, 0.15) is 5.82 Å². The minimum Gasteiger partial charge on any atom is -0.369 e. The Kier molecular flexibility index (Phi) is 4.58. The van der Waals surface area contributed by atoms with Gasteiger partial charge in [0.05, 0.1) is 17.0 Å². The summed E-state index contributed by atoms with van der Waals surface area (Å²) in [5.74, 6) is 1.88. The van der Waals surface area contributed by atoms with Gasteiger partial charge < -0.3 is 4.90 Å². The maximum Gasteiger partial charge on any atom is 0.153 e. The Balaban J connectivity index is 1.53. The second-order valence-corrected chi connectivity index (χ2v) is 11.1. The van der Waals surface area contributed by atoms with Crippen LogP contribution in [0.1, 0.15) is 35.5 Å². The van der Waals surface area contributed by atoms with Crippen molar-refractivity contribution in [2.45, 2.75) is 25.2 Å². The number of rotatable bonds is 3. The van der Waals surface area contributed by atoms with Crippen molar-refractivity contribution in [3.05, 3.63) is 58.2 Å². The van der Waals surface area contributed by atoms with Crippen LogP contribution in [0.4, 0.5) is 5.69 Å². The van der Waals surface area contributed by atoms with Crippen molar-refractivity contribution in [2.24, 2.45) is 0 Å². The number of pyridine rings is 1. The molecule has 0 spiro atoms. The molecule has 6 nitrogen and oxygen atoms in total. The molecule has 1 aromatic carbocycles. The highest BCUT2D eigenvalue weighted by Gasteiger charge is 2.43. The Morgan fingerprint density at radius 1 is 1.07 bits per heavy atom. The normalized spacial score (nSPS) is 23.3. The topological polar surface area (TPSA) is 76.1 Å². The second kappa shape index (κ2) is 7.02. The quantitative estimate of drug-likeness (QED) is 0.579. The fourth-order valence-electron chi connectivity index (χ4n) is 4.06. The van der Waals surface area contributed by atoms with Crippen molar-refractivity contribution < 1.29 is 8.42 Å². The van der Waals surface area contributed by atoms with Crippen LogP contribution in [0.25, 0.3) is 10.9 Å².